The third kappa shape index (κ3) is 2.52. The van der Waals surface area contributed by atoms with Gasteiger partial charge in [-0.3, -0.25) is 4.68 Å². The Morgan fingerprint density at radius 1 is 1.35 bits per heavy atom. The summed E-state index contributed by atoms with van der Waals surface area (Å²) in [4.78, 5) is 0. The predicted molar refractivity (Wildman–Crippen MR) is 71.4 cm³/mol. The molecular formula is C13H17N3S. The van der Waals surface area contributed by atoms with E-state index in [4.69, 9.17) is 0 Å². The molecule has 0 spiro atoms. The van der Waals surface area contributed by atoms with Crippen molar-refractivity contribution in [1.29, 1.82) is 0 Å². The Balaban J connectivity index is 1.60. The molecule has 90 valence electrons. The lowest BCUT2D eigenvalue weighted by atomic mass is 10.3. The lowest BCUT2D eigenvalue weighted by Gasteiger charge is -2.08. The summed E-state index contributed by atoms with van der Waals surface area (Å²) in [6.07, 6.45) is 7.42. The van der Waals surface area contributed by atoms with Gasteiger partial charge in [0.15, 0.2) is 0 Å². The molecule has 17 heavy (non-hydrogen) atoms. The highest BCUT2D eigenvalue weighted by Crippen LogP contribution is 2.28. The van der Waals surface area contributed by atoms with Gasteiger partial charge in [-0.05, 0) is 30.4 Å². The molecule has 0 radical (unpaired) electrons. The van der Waals surface area contributed by atoms with E-state index in [1.807, 2.05) is 0 Å². The fourth-order valence-corrected chi connectivity index (χ4v) is 3.01. The third-order valence-corrected chi connectivity index (χ3v) is 4.04. The Morgan fingerprint density at radius 2 is 2.24 bits per heavy atom. The minimum Gasteiger partial charge on any atom is -0.379 e. The van der Waals surface area contributed by atoms with E-state index in [9.17, 15) is 0 Å². The second-order valence-electron chi connectivity index (χ2n) is 4.59. The van der Waals surface area contributed by atoms with Crippen LogP contribution in [0.5, 0.6) is 0 Å². The zero-order valence-electron chi connectivity index (χ0n) is 9.80. The largest absolute Gasteiger partial charge is 0.379 e. The third-order valence-electron chi connectivity index (χ3n) is 3.36. The fourth-order valence-electron chi connectivity index (χ4n) is 2.40. The van der Waals surface area contributed by atoms with E-state index in [0.29, 0.717) is 6.04 Å². The van der Waals surface area contributed by atoms with Gasteiger partial charge in [-0.25, -0.2) is 0 Å². The van der Waals surface area contributed by atoms with Crippen molar-refractivity contribution in [2.24, 2.45) is 0 Å². The molecule has 0 amide bonds. The lowest BCUT2D eigenvalue weighted by Crippen LogP contribution is -2.07. The number of nitrogens with zero attached hydrogens (tertiary/aromatic N) is 2. The van der Waals surface area contributed by atoms with Crippen LogP contribution in [0.3, 0.4) is 0 Å². The molecule has 2 aromatic rings. The minimum atomic E-state index is 0.643. The van der Waals surface area contributed by atoms with Crippen molar-refractivity contribution in [2.45, 2.75) is 38.3 Å². The first-order valence-corrected chi connectivity index (χ1v) is 7.16. The van der Waals surface area contributed by atoms with Crippen molar-refractivity contribution in [1.82, 2.24) is 9.78 Å². The molecule has 2 aromatic heterocycles. The van der Waals surface area contributed by atoms with Gasteiger partial charge in [0.25, 0.3) is 0 Å². The maximum atomic E-state index is 4.65. The van der Waals surface area contributed by atoms with Crippen molar-refractivity contribution in [3.8, 4) is 0 Å². The van der Waals surface area contributed by atoms with Gasteiger partial charge >= 0.3 is 0 Å². The highest BCUT2D eigenvalue weighted by atomic mass is 32.1. The monoisotopic (exact) mass is 247 g/mol. The smallest absolute Gasteiger partial charge is 0.0815 e. The quantitative estimate of drug-likeness (QED) is 0.893. The van der Waals surface area contributed by atoms with Crippen molar-refractivity contribution in [2.75, 3.05) is 5.32 Å². The van der Waals surface area contributed by atoms with E-state index in [1.165, 1.54) is 31.4 Å². The second-order valence-corrected chi connectivity index (χ2v) is 5.37. The first-order chi connectivity index (χ1) is 8.42. The molecule has 3 nitrogen and oxygen atoms in total. The summed E-state index contributed by atoms with van der Waals surface area (Å²) in [5, 5.41) is 12.2. The van der Waals surface area contributed by atoms with Crippen LogP contribution in [-0.4, -0.2) is 9.78 Å². The highest BCUT2D eigenvalue weighted by Gasteiger charge is 2.17. The Hall–Kier alpha value is -1.29. The molecule has 0 unspecified atom stereocenters. The normalized spacial score (nSPS) is 16.5. The van der Waals surface area contributed by atoms with Crippen LogP contribution in [0.25, 0.3) is 0 Å². The van der Waals surface area contributed by atoms with Gasteiger partial charge in [0.2, 0.25) is 0 Å². The number of hydrogen-bond donors (Lipinski definition) is 1. The van der Waals surface area contributed by atoms with Gasteiger partial charge in [0.05, 0.1) is 18.3 Å². The van der Waals surface area contributed by atoms with Crippen molar-refractivity contribution in [3.63, 3.8) is 0 Å². The van der Waals surface area contributed by atoms with E-state index in [2.05, 4.69) is 44.2 Å². The molecule has 1 aliphatic rings. The van der Waals surface area contributed by atoms with Gasteiger partial charge in [-0.15, -0.1) is 0 Å². The summed E-state index contributed by atoms with van der Waals surface area (Å²) >= 11 is 1.71. The van der Waals surface area contributed by atoms with Crippen LogP contribution in [0.15, 0.2) is 29.1 Å². The van der Waals surface area contributed by atoms with Crippen LogP contribution in [0.1, 0.15) is 37.4 Å². The summed E-state index contributed by atoms with van der Waals surface area (Å²) in [6, 6.07) is 4.86. The molecule has 0 bridgehead atoms. The van der Waals surface area contributed by atoms with Gasteiger partial charge < -0.3 is 5.32 Å². The predicted octanol–water partition coefficient (Wildman–Crippen LogP) is 3.67. The molecule has 1 aliphatic carbocycles. The standard InChI is InChI=1S/C13H17N3S/c1-2-4-13(3-1)16-7-5-11(15-16)9-14-12-6-8-17-10-12/h5-8,10,13-14H,1-4,9H2. The van der Waals surface area contributed by atoms with E-state index < -0.39 is 0 Å². The second kappa shape index (κ2) is 4.92. The summed E-state index contributed by atoms with van der Waals surface area (Å²) in [5.41, 5.74) is 2.31. The zero-order chi connectivity index (χ0) is 11.5. The van der Waals surface area contributed by atoms with Crippen molar-refractivity contribution < 1.29 is 0 Å². The first kappa shape index (κ1) is 10.8. The fraction of sp³-hybridized carbons (Fsp3) is 0.462. The lowest BCUT2D eigenvalue weighted by molar-refractivity contribution is 0.463. The van der Waals surface area contributed by atoms with Crippen molar-refractivity contribution >= 4 is 17.0 Å². The Bertz CT molecular complexity index is 455. The van der Waals surface area contributed by atoms with Crippen LogP contribution in [0.2, 0.25) is 0 Å². The van der Waals surface area contributed by atoms with Crippen LogP contribution in [0.4, 0.5) is 5.69 Å². The molecule has 1 N–H and O–H groups in total. The number of hydrogen-bond acceptors (Lipinski definition) is 3. The summed E-state index contributed by atoms with van der Waals surface area (Å²) < 4.78 is 2.15. The maximum absolute atomic E-state index is 4.65. The maximum Gasteiger partial charge on any atom is 0.0815 e. The number of aromatic nitrogens is 2. The molecule has 0 saturated heterocycles. The minimum absolute atomic E-state index is 0.643. The van der Waals surface area contributed by atoms with E-state index >= 15 is 0 Å². The first-order valence-electron chi connectivity index (χ1n) is 6.22. The molecular weight excluding hydrogens is 230 g/mol. The number of nitrogens with one attached hydrogen (secondary N) is 1. The summed E-state index contributed by atoms with van der Waals surface area (Å²) in [7, 11) is 0. The average molecular weight is 247 g/mol. The molecule has 1 saturated carbocycles. The molecule has 0 aromatic carbocycles. The molecule has 4 heteroatoms. The van der Waals surface area contributed by atoms with Crippen LogP contribution in [0, 0.1) is 0 Å². The van der Waals surface area contributed by atoms with E-state index in [1.54, 1.807) is 11.3 Å². The van der Waals surface area contributed by atoms with E-state index in [-0.39, 0.29) is 0 Å². The number of rotatable bonds is 4. The molecule has 0 atom stereocenters. The van der Waals surface area contributed by atoms with Gasteiger partial charge in [-0.1, -0.05) is 12.8 Å². The molecule has 0 aliphatic heterocycles. The highest BCUT2D eigenvalue weighted by molar-refractivity contribution is 7.08. The van der Waals surface area contributed by atoms with Crippen LogP contribution >= 0.6 is 11.3 Å². The average Bonchev–Trinajstić information content (AvgIpc) is 3.09. The molecule has 2 heterocycles. The Morgan fingerprint density at radius 3 is 3.00 bits per heavy atom. The molecule has 3 rings (SSSR count). The zero-order valence-corrected chi connectivity index (χ0v) is 10.6. The van der Waals surface area contributed by atoms with Gasteiger partial charge in [0.1, 0.15) is 0 Å². The van der Waals surface area contributed by atoms with Crippen LogP contribution in [-0.2, 0) is 6.54 Å². The Labute approximate surface area is 105 Å². The van der Waals surface area contributed by atoms with Crippen LogP contribution < -0.4 is 5.32 Å². The Kier molecular flexibility index (Phi) is 3.14. The summed E-state index contributed by atoms with van der Waals surface area (Å²) in [6.45, 7) is 0.816. The van der Waals surface area contributed by atoms with E-state index in [0.717, 1.165) is 12.2 Å². The SMILES string of the molecule is c1cc(NCc2ccn(C3CCCC3)n2)cs1. The summed E-state index contributed by atoms with van der Waals surface area (Å²) in [5.74, 6) is 0. The number of anilines is 1. The molecule has 1 fully saturated rings. The van der Waals surface area contributed by atoms with Gasteiger partial charge in [-0.2, -0.15) is 16.4 Å². The van der Waals surface area contributed by atoms with Crippen molar-refractivity contribution in [3.05, 3.63) is 34.8 Å². The van der Waals surface area contributed by atoms with Gasteiger partial charge in [0, 0.05) is 17.3 Å². The topological polar surface area (TPSA) is 29.9 Å². The number of thiophene rings is 1.